The van der Waals surface area contributed by atoms with E-state index in [1.165, 1.54) is 35.3 Å². The minimum Gasteiger partial charge on any atom is -0.451 e. The Kier molecular flexibility index (Phi) is 9.52. The van der Waals surface area contributed by atoms with Crippen LogP contribution in [0.15, 0.2) is 48.0 Å². The zero-order valence-corrected chi connectivity index (χ0v) is 28.1. The number of carbonyl (C=O) groups is 1. The number of rotatable bonds is 10. The summed E-state index contributed by atoms with van der Waals surface area (Å²) >= 11 is 0. The smallest absolute Gasteiger partial charge is 0.260 e. The maximum atomic E-state index is 14.2. The average molecular weight is 671 g/mol. The van der Waals surface area contributed by atoms with Crippen molar-refractivity contribution >= 4 is 21.7 Å². The van der Waals surface area contributed by atoms with E-state index in [0.29, 0.717) is 18.2 Å². The van der Waals surface area contributed by atoms with E-state index < -0.39 is 15.8 Å². The number of benzene rings is 1. The summed E-state index contributed by atoms with van der Waals surface area (Å²) in [5, 5.41) is 4.03. The highest BCUT2D eigenvalue weighted by Gasteiger charge is 2.46. The second-order valence-electron chi connectivity index (χ2n) is 13.3. The van der Waals surface area contributed by atoms with Crippen molar-refractivity contribution in [2.24, 2.45) is 12.5 Å². The van der Waals surface area contributed by atoms with Gasteiger partial charge in [-0.1, -0.05) is 0 Å². The standard InChI is InChI=1S/C32H43FN8O5S/c1-22(2)39(4)31(42)26-15-23(33)5-8-27(26)46-28-16-34-21-35-30(28)41-19-32(20-41)10-13-40(14-11-32)17-25-7-6-24(18-45-25)37-47(43,44)29-9-12-38(3)36-29/h5,8-9,12,15-16,21-22,24-25,37H,6-7,10-11,13-14,17-20H2,1-4H3/t24-,25+/m1/s1. The molecule has 47 heavy (non-hydrogen) atoms. The van der Waals surface area contributed by atoms with Gasteiger partial charge < -0.3 is 24.2 Å². The molecular weight excluding hydrogens is 627 g/mol. The van der Waals surface area contributed by atoms with Gasteiger partial charge in [0.05, 0.1) is 24.5 Å². The third kappa shape index (κ3) is 7.42. The molecule has 3 aliphatic heterocycles. The summed E-state index contributed by atoms with van der Waals surface area (Å²) in [5.41, 5.74) is 0.324. The van der Waals surface area contributed by atoms with Crippen LogP contribution in [0.5, 0.6) is 11.5 Å². The third-order valence-corrected chi connectivity index (χ3v) is 10.9. The van der Waals surface area contributed by atoms with Gasteiger partial charge in [-0.05, 0) is 76.9 Å². The van der Waals surface area contributed by atoms with E-state index in [4.69, 9.17) is 9.47 Å². The van der Waals surface area contributed by atoms with Gasteiger partial charge >= 0.3 is 0 Å². The Morgan fingerprint density at radius 1 is 1.19 bits per heavy atom. The fourth-order valence-corrected chi connectivity index (χ4v) is 7.73. The van der Waals surface area contributed by atoms with Crippen LogP contribution in [0, 0.1) is 11.2 Å². The number of piperidine rings is 1. The van der Waals surface area contributed by atoms with Gasteiger partial charge in [-0.15, -0.1) is 0 Å². The van der Waals surface area contributed by atoms with E-state index >= 15 is 0 Å². The minimum absolute atomic E-state index is 0.0195. The first-order valence-electron chi connectivity index (χ1n) is 16.1. The molecule has 0 aliphatic carbocycles. The largest absolute Gasteiger partial charge is 0.451 e. The summed E-state index contributed by atoms with van der Waals surface area (Å²) in [7, 11) is -0.305. The van der Waals surface area contributed by atoms with Crippen molar-refractivity contribution in [2.45, 2.75) is 62.7 Å². The summed E-state index contributed by atoms with van der Waals surface area (Å²) in [5.74, 6) is 0.484. The lowest BCUT2D eigenvalue weighted by Crippen LogP contribution is -2.61. The number of ether oxygens (including phenoxy) is 2. The molecule has 2 aromatic heterocycles. The van der Waals surface area contributed by atoms with Crippen LogP contribution in [0.4, 0.5) is 10.2 Å². The van der Waals surface area contributed by atoms with Gasteiger partial charge in [0.25, 0.3) is 15.9 Å². The topological polar surface area (TPSA) is 135 Å². The fraction of sp³-hybridized carbons (Fsp3) is 0.562. The Hall–Kier alpha value is -3.66. The van der Waals surface area contributed by atoms with E-state index in [1.807, 2.05) is 13.8 Å². The Morgan fingerprint density at radius 3 is 2.62 bits per heavy atom. The van der Waals surface area contributed by atoms with E-state index in [9.17, 15) is 17.6 Å². The number of amides is 1. The maximum Gasteiger partial charge on any atom is 0.260 e. The molecule has 13 nitrogen and oxygen atoms in total. The van der Waals surface area contributed by atoms with Gasteiger partial charge in [-0.3, -0.25) is 9.48 Å². The van der Waals surface area contributed by atoms with Crippen molar-refractivity contribution in [3.05, 3.63) is 54.4 Å². The van der Waals surface area contributed by atoms with Gasteiger partial charge in [-0.25, -0.2) is 27.5 Å². The number of carbonyl (C=O) groups excluding carboxylic acids is 1. The van der Waals surface area contributed by atoms with Crippen molar-refractivity contribution in [1.82, 2.24) is 34.3 Å². The van der Waals surface area contributed by atoms with E-state index in [1.54, 1.807) is 31.4 Å². The van der Waals surface area contributed by atoms with Crippen LogP contribution in [0.25, 0.3) is 0 Å². The van der Waals surface area contributed by atoms with E-state index in [2.05, 4.69) is 29.6 Å². The lowest BCUT2D eigenvalue weighted by molar-refractivity contribution is -0.0299. The van der Waals surface area contributed by atoms with Crippen LogP contribution < -0.4 is 14.4 Å². The Morgan fingerprint density at radius 2 is 1.96 bits per heavy atom. The molecule has 3 aliphatic rings. The molecular formula is C32H43FN8O5S. The van der Waals surface area contributed by atoms with Crippen molar-refractivity contribution in [1.29, 1.82) is 0 Å². The minimum atomic E-state index is -3.67. The van der Waals surface area contributed by atoms with Gasteiger partial charge in [-0.2, -0.15) is 5.10 Å². The van der Waals surface area contributed by atoms with Crippen LogP contribution in [0.1, 0.15) is 49.9 Å². The molecule has 6 rings (SSSR count). The Balaban J connectivity index is 0.996. The highest BCUT2D eigenvalue weighted by Crippen LogP contribution is 2.45. The highest BCUT2D eigenvalue weighted by atomic mass is 32.2. The van der Waals surface area contributed by atoms with E-state index in [0.717, 1.165) is 58.4 Å². The lowest BCUT2D eigenvalue weighted by Gasteiger charge is -2.54. The Bertz CT molecular complexity index is 1680. The highest BCUT2D eigenvalue weighted by molar-refractivity contribution is 7.89. The fourth-order valence-electron chi connectivity index (χ4n) is 6.51. The molecule has 1 spiro atoms. The molecule has 254 valence electrons. The number of hydrogen-bond acceptors (Lipinski definition) is 10. The van der Waals surface area contributed by atoms with Crippen LogP contribution >= 0.6 is 0 Å². The normalized spacial score (nSPS) is 21.5. The second-order valence-corrected chi connectivity index (χ2v) is 15.0. The number of nitrogens with zero attached hydrogens (tertiary/aromatic N) is 7. The Labute approximate surface area is 275 Å². The van der Waals surface area contributed by atoms with Crippen LogP contribution in [0.3, 0.4) is 0 Å². The maximum absolute atomic E-state index is 14.2. The molecule has 15 heteroatoms. The lowest BCUT2D eigenvalue weighted by atomic mass is 9.72. The van der Waals surface area contributed by atoms with Crippen molar-refractivity contribution < 1.29 is 27.1 Å². The molecule has 1 amide bonds. The number of halogens is 1. The number of nitrogens with one attached hydrogen (secondary N) is 1. The molecule has 0 bridgehead atoms. The predicted molar refractivity (Wildman–Crippen MR) is 172 cm³/mol. The predicted octanol–water partition coefficient (Wildman–Crippen LogP) is 3.05. The average Bonchev–Trinajstić information content (AvgIpc) is 3.49. The molecule has 0 saturated carbocycles. The van der Waals surface area contributed by atoms with Crippen molar-refractivity contribution in [3.63, 3.8) is 0 Å². The van der Waals surface area contributed by atoms with Crippen LogP contribution in [0.2, 0.25) is 0 Å². The first-order chi connectivity index (χ1) is 22.4. The zero-order valence-electron chi connectivity index (χ0n) is 27.3. The number of sulfonamides is 1. The van der Waals surface area contributed by atoms with Gasteiger partial charge in [0.2, 0.25) is 0 Å². The molecule has 3 fully saturated rings. The summed E-state index contributed by atoms with van der Waals surface area (Å²) < 4.78 is 55.9. The molecule has 1 N–H and O–H groups in total. The van der Waals surface area contributed by atoms with Crippen LogP contribution in [-0.2, 0) is 21.8 Å². The molecule has 0 radical (unpaired) electrons. The summed E-state index contributed by atoms with van der Waals surface area (Å²) in [4.78, 5) is 27.9. The zero-order chi connectivity index (χ0) is 33.3. The molecule has 2 atom stereocenters. The van der Waals surface area contributed by atoms with Crippen molar-refractivity contribution in [2.75, 3.05) is 51.3 Å². The molecule has 3 aromatic rings. The molecule has 5 heterocycles. The van der Waals surface area contributed by atoms with E-state index in [-0.39, 0.29) is 45.8 Å². The summed E-state index contributed by atoms with van der Waals surface area (Å²) in [6, 6.07) is 5.10. The summed E-state index contributed by atoms with van der Waals surface area (Å²) in [6.45, 7) is 8.54. The van der Waals surface area contributed by atoms with Gasteiger partial charge in [0, 0.05) is 57.4 Å². The van der Waals surface area contributed by atoms with Gasteiger partial charge in [0.1, 0.15) is 17.9 Å². The SMILES string of the molecule is CC(C)N(C)C(=O)c1cc(F)ccc1Oc1cncnc1N1CC2(CCN(C[C@@H]3CC[C@@H](NS(=O)(=O)c4ccn(C)n4)CO3)CC2)C1. The third-order valence-electron chi connectivity index (χ3n) is 9.53. The number of hydrogen-bond donors (Lipinski definition) is 1. The quantitative estimate of drug-likeness (QED) is 0.343. The molecule has 3 saturated heterocycles. The number of anilines is 1. The van der Waals surface area contributed by atoms with Crippen LogP contribution in [-0.4, -0.2) is 108 Å². The summed E-state index contributed by atoms with van der Waals surface area (Å²) in [6.07, 6.45) is 8.34. The molecule has 1 aromatic carbocycles. The number of aromatic nitrogens is 4. The monoisotopic (exact) mass is 670 g/mol. The number of aryl methyl sites for hydroxylation is 1. The first-order valence-corrected chi connectivity index (χ1v) is 17.6. The first kappa shape index (κ1) is 33.2. The van der Waals surface area contributed by atoms with Crippen molar-refractivity contribution in [3.8, 4) is 11.5 Å². The second kappa shape index (κ2) is 13.5. The van der Waals surface area contributed by atoms with Gasteiger partial charge in [0.15, 0.2) is 16.6 Å². The molecule has 0 unspecified atom stereocenters. The number of likely N-dealkylation sites (tertiary alicyclic amines) is 1.